The molecule has 3 heterocycles. The predicted octanol–water partition coefficient (Wildman–Crippen LogP) is 7.39. The molecule has 2 fully saturated rings. The molecule has 1 aromatic heterocycles. The number of nitrogens with zero attached hydrogens (tertiary/aromatic N) is 3. The van der Waals surface area contributed by atoms with Crippen molar-refractivity contribution in [1.29, 1.82) is 0 Å². The van der Waals surface area contributed by atoms with Crippen LogP contribution in [0.4, 0.5) is 18.0 Å². The van der Waals surface area contributed by atoms with E-state index in [1.165, 1.54) is 18.2 Å². The molecule has 2 N–H and O–H groups in total. The number of carbonyl (C=O) groups is 2. The van der Waals surface area contributed by atoms with Crippen molar-refractivity contribution < 1.29 is 32.6 Å². The number of allylic oxidation sites excluding steroid dienone is 4. The third-order valence-electron chi connectivity index (χ3n) is 6.44. The molecule has 0 radical (unpaired) electrons. The van der Waals surface area contributed by atoms with Crippen LogP contribution in [0.25, 0.3) is 0 Å². The summed E-state index contributed by atoms with van der Waals surface area (Å²) < 4.78 is 39.8. The highest BCUT2D eigenvalue weighted by molar-refractivity contribution is 6.30. The number of aromatic nitrogens is 2. The van der Waals surface area contributed by atoms with Gasteiger partial charge < -0.3 is 20.1 Å². The van der Waals surface area contributed by atoms with Crippen LogP contribution in [0.2, 0.25) is 5.15 Å². The Morgan fingerprint density at radius 1 is 1.23 bits per heavy atom. The maximum atomic E-state index is 13.6. The fraction of sp³-hybridized carbons (Fsp3) is 0.531. The van der Waals surface area contributed by atoms with Crippen molar-refractivity contribution in [3.05, 3.63) is 77.7 Å². The van der Waals surface area contributed by atoms with Crippen LogP contribution in [0.3, 0.4) is 0 Å². The maximum Gasteiger partial charge on any atom is 0.410 e. The zero-order valence-corrected chi connectivity index (χ0v) is 27.7. The number of halogens is 4. The quantitative estimate of drug-likeness (QED) is 0.148. The molecule has 0 saturated carbocycles. The van der Waals surface area contributed by atoms with Crippen LogP contribution in [0.5, 0.6) is 0 Å². The van der Waals surface area contributed by atoms with Crippen LogP contribution < -0.4 is 5.32 Å². The largest absolute Gasteiger partial charge is 0.478 e. The summed E-state index contributed by atoms with van der Waals surface area (Å²) in [6.07, 6.45) is 8.48. The first-order valence-corrected chi connectivity index (χ1v) is 14.8. The molecular formula is C32H50ClF3N4O4. The highest BCUT2D eigenvalue weighted by atomic mass is 35.5. The molecule has 0 aromatic carbocycles. The van der Waals surface area contributed by atoms with Gasteiger partial charge in [0.2, 0.25) is 0 Å². The van der Waals surface area contributed by atoms with Crippen molar-refractivity contribution in [2.45, 2.75) is 71.7 Å². The Hall–Kier alpha value is -3.31. The minimum absolute atomic E-state index is 0.133. The fourth-order valence-corrected chi connectivity index (χ4v) is 4.47. The Kier molecular flexibility index (Phi) is 23.4. The molecule has 3 rings (SSSR count). The van der Waals surface area contributed by atoms with Gasteiger partial charge in [-0.15, -0.1) is 6.58 Å². The van der Waals surface area contributed by atoms with Crippen LogP contribution in [0, 0.1) is 6.92 Å². The zero-order chi connectivity index (χ0) is 34.3. The maximum absolute atomic E-state index is 13.6. The minimum Gasteiger partial charge on any atom is -0.478 e. The van der Waals surface area contributed by atoms with Crippen LogP contribution in [0.15, 0.2) is 61.3 Å². The normalized spacial score (nSPS) is 15.6. The second-order valence-electron chi connectivity index (χ2n) is 9.25. The van der Waals surface area contributed by atoms with Gasteiger partial charge in [0.05, 0.1) is 32.2 Å². The van der Waals surface area contributed by atoms with E-state index in [9.17, 15) is 22.8 Å². The lowest BCUT2D eigenvalue weighted by molar-refractivity contribution is -0.132. The standard InChI is InChI=1S/C15H20N2O4.C13H18ClFN2.C2H6.2CH3F/c1-2-4-12(13(18)19)5-3-10-17-11-15(21-14(17)20)6-8-16-9-7-15;1-5-7-11(15)9(3)8-12-10(4)13(14)17(6-2)16-12;3*1-2/h2-5,16H,1,6-11H2,(H,18,19);5,11H,1,3,6-8H2,2,4H3;1-2H3;2*1H3/b5-3-,12-4+;;;;. The second-order valence-corrected chi connectivity index (χ2v) is 9.61. The number of aliphatic carboxylic acids is 1. The number of hydrogen-bond acceptors (Lipinski definition) is 5. The molecule has 2 aliphatic heterocycles. The molecule has 250 valence electrons. The summed E-state index contributed by atoms with van der Waals surface area (Å²) in [4.78, 5) is 24.4. The van der Waals surface area contributed by atoms with Crippen LogP contribution in [-0.4, -0.2) is 84.2 Å². The molecule has 2 aliphatic rings. The van der Waals surface area contributed by atoms with Crippen LogP contribution in [-0.2, 0) is 22.5 Å². The lowest BCUT2D eigenvalue weighted by Crippen LogP contribution is -2.44. The Bertz CT molecular complexity index is 1100. The number of piperidine rings is 1. The summed E-state index contributed by atoms with van der Waals surface area (Å²) >= 11 is 6.10. The average molecular weight is 647 g/mol. The Labute approximate surface area is 266 Å². The van der Waals surface area contributed by atoms with Gasteiger partial charge in [-0.25, -0.2) is 14.0 Å². The average Bonchev–Trinajstić information content (AvgIpc) is 3.49. The van der Waals surface area contributed by atoms with E-state index in [1.807, 2.05) is 27.7 Å². The fourth-order valence-electron chi connectivity index (χ4n) is 4.20. The molecule has 2 saturated heterocycles. The summed E-state index contributed by atoms with van der Waals surface area (Å²) in [7, 11) is 1.00. The number of alkyl halides is 3. The third-order valence-corrected chi connectivity index (χ3v) is 6.92. The SMILES string of the molecule is C=C/C=C(\C=C/CN1CC2(CCNCC2)OC1=O)C(=O)O.C=CCC(F)C(=C)Cc1nn(CC)c(Cl)c1C.CC.CF.CF. The first-order chi connectivity index (χ1) is 21.1. The number of nitrogens with one attached hydrogen (secondary N) is 1. The summed E-state index contributed by atoms with van der Waals surface area (Å²) in [6.45, 7) is 21.9. The van der Waals surface area contributed by atoms with Crippen LogP contribution >= 0.6 is 11.6 Å². The van der Waals surface area contributed by atoms with Crippen molar-refractivity contribution in [1.82, 2.24) is 20.0 Å². The molecular weight excluding hydrogens is 597 g/mol. The van der Waals surface area contributed by atoms with Gasteiger partial charge in [-0.2, -0.15) is 5.10 Å². The van der Waals surface area contributed by atoms with E-state index < -0.39 is 12.1 Å². The Morgan fingerprint density at radius 2 is 1.82 bits per heavy atom. The molecule has 0 bridgehead atoms. The summed E-state index contributed by atoms with van der Waals surface area (Å²) in [5.74, 6) is -1.02. The van der Waals surface area contributed by atoms with Crippen molar-refractivity contribution >= 4 is 23.7 Å². The minimum atomic E-state index is -1.06. The van der Waals surface area contributed by atoms with Crippen molar-refractivity contribution in [2.75, 3.05) is 40.5 Å². The van der Waals surface area contributed by atoms with Crippen molar-refractivity contribution in [3.8, 4) is 0 Å². The topological polar surface area (TPSA) is 96.7 Å². The number of ether oxygens (including phenoxy) is 1. The molecule has 1 atom stereocenters. The number of carbonyl (C=O) groups excluding carboxylic acids is 1. The van der Waals surface area contributed by atoms with Gasteiger partial charge in [0.15, 0.2) is 0 Å². The number of aryl methyl sites for hydroxylation is 1. The van der Waals surface area contributed by atoms with Crippen molar-refractivity contribution in [3.63, 3.8) is 0 Å². The summed E-state index contributed by atoms with van der Waals surface area (Å²) in [5.41, 5.74) is 1.98. The predicted molar refractivity (Wildman–Crippen MR) is 174 cm³/mol. The third kappa shape index (κ3) is 14.0. The van der Waals surface area contributed by atoms with Gasteiger partial charge in [-0.05, 0) is 44.7 Å². The first-order valence-electron chi connectivity index (χ1n) is 14.4. The summed E-state index contributed by atoms with van der Waals surface area (Å²) in [6, 6.07) is 0. The van der Waals surface area contributed by atoms with Gasteiger partial charge in [0, 0.05) is 44.3 Å². The number of carboxylic acids is 1. The van der Waals surface area contributed by atoms with Gasteiger partial charge in [0.25, 0.3) is 0 Å². The van der Waals surface area contributed by atoms with E-state index in [0.29, 0.717) is 57.6 Å². The Morgan fingerprint density at radius 3 is 2.30 bits per heavy atom. The van der Waals surface area contributed by atoms with Crippen LogP contribution in [0.1, 0.15) is 51.3 Å². The molecule has 1 amide bonds. The Balaban J connectivity index is 0. The molecule has 8 nitrogen and oxygen atoms in total. The monoisotopic (exact) mass is 646 g/mol. The van der Waals surface area contributed by atoms with Gasteiger partial charge >= 0.3 is 12.1 Å². The number of rotatable bonds is 11. The van der Waals surface area contributed by atoms with E-state index in [0.717, 1.165) is 37.2 Å². The van der Waals surface area contributed by atoms with E-state index in [2.05, 4.69) is 30.2 Å². The van der Waals surface area contributed by atoms with Crippen molar-refractivity contribution in [2.24, 2.45) is 0 Å². The number of hydrogen-bond donors (Lipinski definition) is 2. The zero-order valence-electron chi connectivity index (χ0n) is 27.0. The smallest absolute Gasteiger partial charge is 0.410 e. The molecule has 1 spiro atoms. The highest BCUT2D eigenvalue weighted by Crippen LogP contribution is 2.31. The lowest BCUT2D eigenvalue weighted by Gasteiger charge is -2.31. The van der Waals surface area contributed by atoms with Gasteiger partial charge in [-0.1, -0.05) is 56.8 Å². The van der Waals surface area contributed by atoms with E-state index in [-0.39, 0.29) is 17.3 Å². The van der Waals surface area contributed by atoms with E-state index in [4.69, 9.17) is 21.4 Å². The molecule has 44 heavy (non-hydrogen) atoms. The molecule has 0 aliphatic carbocycles. The van der Waals surface area contributed by atoms with Gasteiger partial charge in [0.1, 0.15) is 16.9 Å². The summed E-state index contributed by atoms with van der Waals surface area (Å²) in [5, 5.41) is 17.2. The van der Waals surface area contributed by atoms with E-state index in [1.54, 1.807) is 21.7 Å². The molecule has 1 unspecified atom stereocenters. The first kappa shape index (κ1) is 42.8. The molecule has 12 heteroatoms. The van der Waals surface area contributed by atoms with E-state index >= 15 is 0 Å². The number of amides is 1. The second kappa shape index (κ2) is 24.1. The lowest BCUT2D eigenvalue weighted by atomic mass is 9.92. The van der Waals surface area contributed by atoms with Gasteiger partial charge in [-0.3, -0.25) is 13.5 Å². The number of carboxylic acid groups (broad SMARTS) is 1. The molecule has 1 aromatic rings. The highest BCUT2D eigenvalue weighted by Gasteiger charge is 2.45.